The lowest BCUT2D eigenvalue weighted by Crippen LogP contribution is -2.44. The molecule has 1 aliphatic heterocycles. The Bertz CT molecular complexity index is 147. The summed E-state index contributed by atoms with van der Waals surface area (Å²) in [5.41, 5.74) is 0. The van der Waals surface area contributed by atoms with E-state index >= 15 is 0 Å². The van der Waals surface area contributed by atoms with Crippen molar-refractivity contribution in [3.8, 4) is 0 Å². The normalized spacial score (nSPS) is 28.3. The van der Waals surface area contributed by atoms with Crippen LogP contribution in [-0.4, -0.2) is 25.3 Å². The summed E-state index contributed by atoms with van der Waals surface area (Å²) in [7, 11) is 0. The third-order valence-electron chi connectivity index (χ3n) is 2.95. The molecule has 0 aromatic heterocycles. The molecule has 0 spiro atoms. The van der Waals surface area contributed by atoms with Crippen molar-refractivity contribution >= 4 is 0 Å². The molecule has 0 aromatic rings. The van der Waals surface area contributed by atoms with Crippen LogP contribution < -0.4 is 5.32 Å². The Labute approximate surface area is 88.4 Å². The second kappa shape index (κ2) is 6.41. The third kappa shape index (κ3) is 4.43. The van der Waals surface area contributed by atoms with Gasteiger partial charge in [0.1, 0.15) is 0 Å². The van der Waals surface area contributed by atoms with Crippen LogP contribution in [0.25, 0.3) is 0 Å². The summed E-state index contributed by atoms with van der Waals surface area (Å²) in [6.07, 6.45) is 5.45. The minimum absolute atomic E-state index is 0.455. The van der Waals surface area contributed by atoms with Crippen molar-refractivity contribution < 1.29 is 4.74 Å². The second-order valence-electron chi connectivity index (χ2n) is 4.83. The Morgan fingerprint density at radius 2 is 2.21 bits per heavy atom. The van der Waals surface area contributed by atoms with E-state index in [1.165, 1.54) is 25.7 Å². The minimum Gasteiger partial charge on any atom is -0.377 e. The standard InChI is InChI=1S/C12H25NO/c1-10(2)6-5-9-14-12-7-4-8-13-11(12)3/h10-13H,4-9H2,1-3H3. The fourth-order valence-electron chi connectivity index (χ4n) is 1.97. The van der Waals surface area contributed by atoms with E-state index in [4.69, 9.17) is 4.74 Å². The molecule has 2 unspecified atom stereocenters. The molecule has 14 heavy (non-hydrogen) atoms. The lowest BCUT2D eigenvalue weighted by Gasteiger charge is -2.30. The molecule has 0 aromatic carbocycles. The molecule has 2 heteroatoms. The molecule has 1 rings (SSSR count). The lowest BCUT2D eigenvalue weighted by molar-refractivity contribution is 0.00998. The van der Waals surface area contributed by atoms with Crippen LogP contribution in [-0.2, 0) is 4.74 Å². The lowest BCUT2D eigenvalue weighted by atomic mass is 10.0. The van der Waals surface area contributed by atoms with E-state index in [1.807, 2.05) is 0 Å². The van der Waals surface area contributed by atoms with Crippen LogP contribution in [0, 0.1) is 5.92 Å². The Kier molecular flexibility index (Phi) is 5.49. The first kappa shape index (κ1) is 12.0. The van der Waals surface area contributed by atoms with Crippen molar-refractivity contribution in [2.75, 3.05) is 13.2 Å². The molecule has 0 saturated carbocycles. The van der Waals surface area contributed by atoms with Crippen molar-refractivity contribution in [3.63, 3.8) is 0 Å². The van der Waals surface area contributed by atoms with Gasteiger partial charge in [0.25, 0.3) is 0 Å². The van der Waals surface area contributed by atoms with Gasteiger partial charge in [-0.05, 0) is 45.1 Å². The largest absolute Gasteiger partial charge is 0.377 e. The van der Waals surface area contributed by atoms with E-state index < -0.39 is 0 Å². The number of piperidine rings is 1. The smallest absolute Gasteiger partial charge is 0.0725 e. The summed E-state index contributed by atoms with van der Waals surface area (Å²) in [6, 6.07) is 0.544. The van der Waals surface area contributed by atoms with Crippen LogP contribution in [0.1, 0.15) is 46.5 Å². The highest BCUT2D eigenvalue weighted by Gasteiger charge is 2.20. The number of rotatable bonds is 5. The van der Waals surface area contributed by atoms with Crippen molar-refractivity contribution in [2.45, 2.75) is 58.6 Å². The highest BCUT2D eigenvalue weighted by molar-refractivity contribution is 4.77. The van der Waals surface area contributed by atoms with Gasteiger partial charge in [-0.25, -0.2) is 0 Å². The topological polar surface area (TPSA) is 21.3 Å². The van der Waals surface area contributed by atoms with Crippen LogP contribution in [0.4, 0.5) is 0 Å². The van der Waals surface area contributed by atoms with Crippen LogP contribution in [0.5, 0.6) is 0 Å². The third-order valence-corrected chi connectivity index (χ3v) is 2.95. The summed E-state index contributed by atoms with van der Waals surface area (Å²) >= 11 is 0. The Hall–Kier alpha value is -0.0800. The minimum atomic E-state index is 0.455. The zero-order valence-corrected chi connectivity index (χ0v) is 9.88. The Balaban J connectivity index is 2.04. The first-order chi connectivity index (χ1) is 6.70. The SMILES string of the molecule is CC(C)CCCOC1CCCNC1C. The van der Waals surface area contributed by atoms with Gasteiger partial charge in [-0.15, -0.1) is 0 Å². The summed E-state index contributed by atoms with van der Waals surface area (Å²) in [5, 5.41) is 3.46. The first-order valence-corrected chi connectivity index (χ1v) is 6.05. The molecular weight excluding hydrogens is 174 g/mol. The quantitative estimate of drug-likeness (QED) is 0.687. The fraction of sp³-hybridized carbons (Fsp3) is 1.00. The molecule has 1 heterocycles. The number of ether oxygens (including phenoxy) is 1. The molecule has 84 valence electrons. The Morgan fingerprint density at radius 3 is 2.86 bits per heavy atom. The maximum absolute atomic E-state index is 5.88. The summed E-state index contributed by atoms with van der Waals surface area (Å²) in [5.74, 6) is 0.806. The highest BCUT2D eigenvalue weighted by Crippen LogP contribution is 2.13. The van der Waals surface area contributed by atoms with Gasteiger partial charge in [-0.3, -0.25) is 0 Å². The van der Waals surface area contributed by atoms with Gasteiger partial charge in [0.05, 0.1) is 6.10 Å². The first-order valence-electron chi connectivity index (χ1n) is 6.05. The van der Waals surface area contributed by atoms with Crippen molar-refractivity contribution in [1.29, 1.82) is 0 Å². The van der Waals surface area contributed by atoms with Gasteiger partial charge in [0, 0.05) is 12.6 Å². The van der Waals surface area contributed by atoms with Crippen LogP contribution in [0.15, 0.2) is 0 Å². The van der Waals surface area contributed by atoms with E-state index in [0.717, 1.165) is 19.1 Å². The fourth-order valence-corrected chi connectivity index (χ4v) is 1.97. The molecule has 0 amide bonds. The van der Waals surface area contributed by atoms with Crippen LogP contribution in [0.2, 0.25) is 0 Å². The Morgan fingerprint density at radius 1 is 1.43 bits per heavy atom. The molecular formula is C12H25NO. The maximum atomic E-state index is 5.88. The second-order valence-corrected chi connectivity index (χ2v) is 4.83. The number of hydrogen-bond acceptors (Lipinski definition) is 2. The van der Waals surface area contributed by atoms with Gasteiger partial charge in [-0.1, -0.05) is 13.8 Å². The number of nitrogens with one attached hydrogen (secondary N) is 1. The zero-order chi connectivity index (χ0) is 10.4. The molecule has 2 atom stereocenters. The average Bonchev–Trinajstić information content (AvgIpc) is 2.15. The maximum Gasteiger partial charge on any atom is 0.0725 e. The van der Waals surface area contributed by atoms with Crippen molar-refractivity contribution in [2.24, 2.45) is 5.92 Å². The molecule has 1 saturated heterocycles. The summed E-state index contributed by atoms with van der Waals surface area (Å²) in [4.78, 5) is 0. The molecule has 1 N–H and O–H groups in total. The molecule has 0 aliphatic carbocycles. The van der Waals surface area contributed by atoms with Gasteiger partial charge in [0.2, 0.25) is 0 Å². The zero-order valence-electron chi connectivity index (χ0n) is 9.88. The van der Waals surface area contributed by atoms with E-state index in [0.29, 0.717) is 12.1 Å². The van der Waals surface area contributed by atoms with Crippen LogP contribution >= 0.6 is 0 Å². The predicted molar refractivity (Wildman–Crippen MR) is 60.5 cm³/mol. The average molecular weight is 199 g/mol. The van der Waals surface area contributed by atoms with E-state index in [1.54, 1.807) is 0 Å². The van der Waals surface area contributed by atoms with Gasteiger partial charge in [0.15, 0.2) is 0 Å². The predicted octanol–water partition coefficient (Wildman–Crippen LogP) is 2.58. The van der Waals surface area contributed by atoms with E-state index in [-0.39, 0.29) is 0 Å². The molecule has 0 bridgehead atoms. The molecule has 0 radical (unpaired) electrons. The van der Waals surface area contributed by atoms with E-state index in [9.17, 15) is 0 Å². The monoisotopic (exact) mass is 199 g/mol. The van der Waals surface area contributed by atoms with Crippen LogP contribution in [0.3, 0.4) is 0 Å². The van der Waals surface area contributed by atoms with Crippen molar-refractivity contribution in [3.05, 3.63) is 0 Å². The molecule has 2 nitrogen and oxygen atoms in total. The summed E-state index contributed by atoms with van der Waals surface area (Å²) < 4.78 is 5.88. The molecule has 1 fully saturated rings. The number of hydrogen-bond donors (Lipinski definition) is 1. The van der Waals surface area contributed by atoms with Gasteiger partial charge >= 0.3 is 0 Å². The van der Waals surface area contributed by atoms with Crippen molar-refractivity contribution in [1.82, 2.24) is 5.32 Å². The summed E-state index contributed by atoms with van der Waals surface area (Å²) in [6.45, 7) is 8.86. The molecule has 1 aliphatic rings. The van der Waals surface area contributed by atoms with Gasteiger partial charge in [-0.2, -0.15) is 0 Å². The van der Waals surface area contributed by atoms with E-state index in [2.05, 4.69) is 26.1 Å². The van der Waals surface area contributed by atoms with Gasteiger partial charge < -0.3 is 10.1 Å². The highest BCUT2D eigenvalue weighted by atomic mass is 16.5.